The second-order valence-corrected chi connectivity index (χ2v) is 4.77. The van der Waals surface area contributed by atoms with Gasteiger partial charge in [-0.05, 0) is 40.0 Å². The van der Waals surface area contributed by atoms with Crippen molar-refractivity contribution in [1.29, 1.82) is 15.8 Å². The highest BCUT2D eigenvalue weighted by atomic mass is 16.5. The van der Waals surface area contributed by atoms with Crippen molar-refractivity contribution in [3.05, 3.63) is 0 Å². The molecule has 0 aromatic heterocycles. The predicted molar refractivity (Wildman–Crippen MR) is 75.9 cm³/mol. The summed E-state index contributed by atoms with van der Waals surface area (Å²) in [7, 11) is 0. The van der Waals surface area contributed by atoms with Crippen LogP contribution in [0.1, 0.15) is 40.0 Å². The van der Waals surface area contributed by atoms with Gasteiger partial charge in [-0.2, -0.15) is 15.8 Å². The number of rotatable bonds is 11. The van der Waals surface area contributed by atoms with Crippen molar-refractivity contribution in [3.63, 3.8) is 0 Å². The highest BCUT2D eigenvalue weighted by Gasteiger charge is 2.15. The SMILES string of the molecule is CC(C#N)OCCCCC(COC(C)C#N)OC(C)C#N. The largest absolute Gasteiger partial charge is 0.364 e. The van der Waals surface area contributed by atoms with E-state index >= 15 is 0 Å². The van der Waals surface area contributed by atoms with Gasteiger partial charge in [-0.1, -0.05) is 0 Å². The van der Waals surface area contributed by atoms with Gasteiger partial charge in [0.1, 0.15) is 18.3 Å². The van der Waals surface area contributed by atoms with Crippen molar-refractivity contribution in [3.8, 4) is 18.2 Å². The van der Waals surface area contributed by atoms with Gasteiger partial charge < -0.3 is 14.2 Å². The van der Waals surface area contributed by atoms with Crippen molar-refractivity contribution in [2.75, 3.05) is 13.2 Å². The summed E-state index contributed by atoms with van der Waals surface area (Å²) in [6, 6.07) is 6.01. The summed E-state index contributed by atoms with van der Waals surface area (Å²) in [5, 5.41) is 26.1. The molecule has 6 heteroatoms. The molecule has 0 bridgehead atoms. The maximum atomic E-state index is 8.79. The van der Waals surface area contributed by atoms with Gasteiger partial charge in [-0.25, -0.2) is 0 Å². The Kier molecular flexibility index (Phi) is 11.2. The average molecular weight is 293 g/mol. The van der Waals surface area contributed by atoms with E-state index in [-0.39, 0.29) is 12.7 Å². The van der Waals surface area contributed by atoms with Crippen LogP contribution in [0.25, 0.3) is 0 Å². The van der Waals surface area contributed by atoms with Gasteiger partial charge in [-0.3, -0.25) is 0 Å². The Balaban J connectivity index is 4.02. The molecule has 0 N–H and O–H groups in total. The highest BCUT2D eigenvalue weighted by Crippen LogP contribution is 2.10. The van der Waals surface area contributed by atoms with Crippen LogP contribution in [0.15, 0.2) is 0 Å². The normalized spacial score (nSPS) is 16.0. The van der Waals surface area contributed by atoms with Gasteiger partial charge in [0.2, 0.25) is 0 Å². The molecule has 0 radical (unpaired) electrons. The molecule has 21 heavy (non-hydrogen) atoms. The van der Waals surface area contributed by atoms with Gasteiger partial charge >= 0.3 is 0 Å². The van der Waals surface area contributed by atoms with E-state index in [1.807, 2.05) is 18.2 Å². The number of hydrogen-bond donors (Lipinski definition) is 0. The fraction of sp³-hybridized carbons (Fsp3) is 0.800. The van der Waals surface area contributed by atoms with Gasteiger partial charge in [0.15, 0.2) is 0 Å². The quantitative estimate of drug-likeness (QED) is 0.542. The van der Waals surface area contributed by atoms with Gasteiger partial charge in [0.25, 0.3) is 0 Å². The Morgan fingerprint density at radius 3 is 1.95 bits per heavy atom. The first-order chi connectivity index (χ1) is 10.0. The first-order valence-electron chi connectivity index (χ1n) is 7.11. The monoisotopic (exact) mass is 293 g/mol. The van der Waals surface area contributed by atoms with E-state index in [2.05, 4.69) is 0 Å². The van der Waals surface area contributed by atoms with E-state index in [0.717, 1.165) is 12.8 Å². The van der Waals surface area contributed by atoms with Crippen LogP contribution in [0.2, 0.25) is 0 Å². The molecule has 0 aliphatic heterocycles. The van der Waals surface area contributed by atoms with Crippen LogP contribution < -0.4 is 0 Å². The van der Waals surface area contributed by atoms with Gasteiger partial charge in [0.05, 0.1) is 30.9 Å². The van der Waals surface area contributed by atoms with E-state index in [4.69, 9.17) is 30.0 Å². The minimum Gasteiger partial charge on any atom is -0.364 e. The fourth-order valence-electron chi connectivity index (χ4n) is 1.57. The minimum absolute atomic E-state index is 0.219. The Hall–Kier alpha value is -1.65. The zero-order valence-electron chi connectivity index (χ0n) is 12.9. The van der Waals surface area contributed by atoms with Crippen molar-refractivity contribution in [2.24, 2.45) is 0 Å². The van der Waals surface area contributed by atoms with E-state index in [1.165, 1.54) is 0 Å². The van der Waals surface area contributed by atoms with Crippen LogP contribution in [0.4, 0.5) is 0 Å². The molecular weight excluding hydrogens is 270 g/mol. The molecule has 0 fully saturated rings. The first-order valence-corrected chi connectivity index (χ1v) is 7.11. The third-order valence-electron chi connectivity index (χ3n) is 2.76. The second-order valence-electron chi connectivity index (χ2n) is 4.77. The summed E-state index contributed by atoms with van der Waals surface area (Å²) >= 11 is 0. The number of nitrogens with zero attached hydrogens (tertiary/aromatic N) is 3. The van der Waals surface area contributed by atoms with Gasteiger partial charge in [0, 0.05) is 6.61 Å². The lowest BCUT2D eigenvalue weighted by Crippen LogP contribution is -2.26. The van der Waals surface area contributed by atoms with E-state index < -0.39 is 18.3 Å². The van der Waals surface area contributed by atoms with Crippen LogP contribution in [0, 0.1) is 34.0 Å². The molecule has 0 aliphatic carbocycles. The Morgan fingerprint density at radius 2 is 1.38 bits per heavy atom. The molecular formula is C15H23N3O3. The number of unbranched alkanes of at least 4 members (excludes halogenated alkanes) is 1. The van der Waals surface area contributed by atoms with Gasteiger partial charge in [-0.15, -0.1) is 0 Å². The van der Waals surface area contributed by atoms with Crippen molar-refractivity contribution in [1.82, 2.24) is 0 Å². The molecule has 0 amide bonds. The fourth-order valence-corrected chi connectivity index (χ4v) is 1.57. The zero-order valence-corrected chi connectivity index (χ0v) is 12.9. The standard InChI is InChI=1S/C15H23N3O3/c1-12(8-16)19-7-5-4-6-15(21-14(3)10-18)11-20-13(2)9-17/h12-15H,4-7,11H2,1-3H3. The lowest BCUT2D eigenvalue weighted by Gasteiger charge is -2.20. The van der Waals surface area contributed by atoms with Crippen molar-refractivity contribution in [2.45, 2.75) is 64.4 Å². The number of nitriles is 3. The maximum absolute atomic E-state index is 8.79. The molecule has 0 saturated carbocycles. The molecule has 0 heterocycles. The smallest absolute Gasteiger partial charge is 0.141 e. The molecule has 4 atom stereocenters. The predicted octanol–water partition coefficient (Wildman–Crippen LogP) is 2.31. The molecule has 6 nitrogen and oxygen atoms in total. The third-order valence-corrected chi connectivity index (χ3v) is 2.76. The average Bonchev–Trinajstić information content (AvgIpc) is 2.50. The minimum atomic E-state index is -0.508. The van der Waals surface area contributed by atoms with E-state index in [0.29, 0.717) is 13.0 Å². The summed E-state index contributed by atoms with van der Waals surface area (Å²) in [6.07, 6.45) is 0.749. The summed E-state index contributed by atoms with van der Waals surface area (Å²) in [4.78, 5) is 0. The molecule has 0 spiro atoms. The van der Waals surface area contributed by atoms with Crippen molar-refractivity contribution >= 4 is 0 Å². The zero-order chi connectivity index (χ0) is 16.1. The molecule has 0 aromatic carbocycles. The number of hydrogen-bond acceptors (Lipinski definition) is 6. The van der Waals surface area contributed by atoms with Crippen LogP contribution in [0.3, 0.4) is 0 Å². The molecule has 116 valence electrons. The highest BCUT2D eigenvalue weighted by molar-refractivity contribution is 4.82. The summed E-state index contributed by atoms with van der Waals surface area (Å²) in [6.45, 7) is 5.86. The molecule has 0 aromatic rings. The van der Waals surface area contributed by atoms with Crippen LogP contribution in [-0.4, -0.2) is 37.6 Å². The molecule has 0 rings (SSSR count). The van der Waals surface area contributed by atoms with Crippen LogP contribution >= 0.6 is 0 Å². The maximum Gasteiger partial charge on any atom is 0.141 e. The Labute approximate surface area is 126 Å². The summed E-state index contributed by atoms with van der Waals surface area (Å²) in [5.74, 6) is 0. The Bertz CT molecular complexity index is 394. The Morgan fingerprint density at radius 1 is 0.810 bits per heavy atom. The topological polar surface area (TPSA) is 99.1 Å². The molecule has 0 aliphatic rings. The molecule has 0 saturated heterocycles. The lowest BCUT2D eigenvalue weighted by molar-refractivity contribution is -0.0467. The molecule has 4 unspecified atom stereocenters. The summed E-state index contributed by atoms with van der Waals surface area (Å²) < 4.78 is 16.2. The third kappa shape index (κ3) is 10.8. The van der Waals surface area contributed by atoms with E-state index in [1.54, 1.807) is 20.8 Å². The lowest BCUT2D eigenvalue weighted by atomic mass is 10.1. The second kappa shape index (κ2) is 12.1. The first kappa shape index (κ1) is 19.4. The number of ether oxygens (including phenoxy) is 3. The van der Waals surface area contributed by atoms with Crippen LogP contribution in [-0.2, 0) is 14.2 Å². The van der Waals surface area contributed by atoms with Crippen LogP contribution in [0.5, 0.6) is 0 Å². The van der Waals surface area contributed by atoms with E-state index in [9.17, 15) is 0 Å². The summed E-state index contributed by atoms with van der Waals surface area (Å²) in [5.41, 5.74) is 0. The van der Waals surface area contributed by atoms with Crippen molar-refractivity contribution < 1.29 is 14.2 Å².